The molecule has 0 N–H and O–H groups in total. The van der Waals surface area contributed by atoms with Gasteiger partial charge in [0.2, 0.25) is 0 Å². The van der Waals surface area contributed by atoms with Crippen LogP contribution in [0.4, 0.5) is 0 Å². The third-order valence-corrected chi connectivity index (χ3v) is 5.40. The van der Waals surface area contributed by atoms with Gasteiger partial charge in [0.15, 0.2) is 11.2 Å². The largest absolute Gasteiger partial charge is 0.451 e. The molecule has 1 atom stereocenters. The first-order valence-electron chi connectivity index (χ1n) is 9.19. The molecule has 1 fully saturated rings. The molecule has 1 unspecified atom stereocenters. The average Bonchev–Trinajstić information content (AvgIpc) is 2.94. The van der Waals surface area contributed by atoms with Gasteiger partial charge in [0.05, 0.1) is 5.39 Å². The Bertz CT molecular complexity index is 1030. The van der Waals surface area contributed by atoms with Crippen molar-refractivity contribution < 1.29 is 9.21 Å². The van der Waals surface area contributed by atoms with E-state index in [4.69, 9.17) is 16.0 Å². The quantitative estimate of drug-likeness (QED) is 0.637. The molecule has 5 heteroatoms. The van der Waals surface area contributed by atoms with Crippen LogP contribution < -0.4 is 5.43 Å². The van der Waals surface area contributed by atoms with Crippen LogP contribution in [0.5, 0.6) is 0 Å². The first kappa shape index (κ1) is 17.8. The van der Waals surface area contributed by atoms with Gasteiger partial charge in [-0.1, -0.05) is 42.3 Å². The zero-order valence-corrected chi connectivity index (χ0v) is 15.6. The van der Waals surface area contributed by atoms with Crippen molar-refractivity contribution in [1.29, 1.82) is 0 Å². The standard InChI is InChI=1S/C22H20ClNO3/c23-17-10-8-15(9-11-17)16-5-3-4-12-24(14-16)22(26)21-13-19(25)18-6-1-2-7-20(18)27-21/h1-2,6-11,13,16H,3-5,12,14H2. The second-order valence-corrected chi connectivity index (χ2v) is 7.40. The molecule has 0 bridgehead atoms. The number of carbonyl (C=O) groups excluding carboxylic acids is 1. The molecule has 0 saturated carbocycles. The smallest absolute Gasteiger partial charge is 0.289 e. The maximum absolute atomic E-state index is 13.1. The molecule has 1 aliphatic heterocycles. The van der Waals surface area contributed by atoms with E-state index in [-0.39, 0.29) is 23.0 Å². The van der Waals surface area contributed by atoms with Crippen LogP contribution in [0.2, 0.25) is 5.02 Å². The Hall–Kier alpha value is -2.59. The number of hydrogen-bond acceptors (Lipinski definition) is 3. The topological polar surface area (TPSA) is 50.5 Å². The summed E-state index contributed by atoms with van der Waals surface area (Å²) in [5.41, 5.74) is 1.43. The van der Waals surface area contributed by atoms with E-state index < -0.39 is 0 Å². The Morgan fingerprint density at radius 2 is 1.85 bits per heavy atom. The van der Waals surface area contributed by atoms with E-state index in [1.165, 1.54) is 11.6 Å². The van der Waals surface area contributed by atoms with E-state index in [1.807, 2.05) is 24.3 Å². The molecule has 4 rings (SSSR count). The number of fused-ring (bicyclic) bond motifs is 1. The summed E-state index contributed by atoms with van der Waals surface area (Å²) in [7, 11) is 0. The van der Waals surface area contributed by atoms with Gasteiger partial charge in [-0.15, -0.1) is 0 Å². The fraction of sp³-hybridized carbons (Fsp3) is 0.273. The van der Waals surface area contributed by atoms with Gasteiger partial charge in [-0.2, -0.15) is 0 Å². The summed E-state index contributed by atoms with van der Waals surface area (Å²) in [4.78, 5) is 27.2. The average molecular weight is 382 g/mol. The Kier molecular flexibility index (Phi) is 4.99. The minimum Gasteiger partial charge on any atom is -0.451 e. The lowest BCUT2D eigenvalue weighted by molar-refractivity contribution is 0.0723. The Labute approximate surface area is 162 Å². The van der Waals surface area contributed by atoms with Crippen LogP contribution in [0.1, 0.15) is 41.3 Å². The highest BCUT2D eigenvalue weighted by Crippen LogP contribution is 2.28. The van der Waals surface area contributed by atoms with Gasteiger partial charge in [0.1, 0.15) is 5.58 Å². The maximum atomic E-state index is 13.1. The molecule has 0 spiro atoms. The molecule has 2 heterocycles. The number of nitrogens with zero attached hydrogens (tertiary/aromatic N) is 1. The lowest BCUT2D eigenvalue weighted by Crippen LogP contribution is -2.34. The Balaban J connectivity index is 1.62. The van der Waals surface area contributed by atoms with Crippen LogP contribution in [0, 0.1) is 0 Å². The van der Waals surface area contributed by atoms with Gasteiger partial charge < -0.3 is 9.32 Å². The number of amides is 1. The first-order chi connectivity index (χ1) is 13.1. The summed E-state index contributed by atoms with van der Waals surface area (Å²) < 4.78 is 5.75. The molecule has 4 nitrogen and oxygen atoms in total. The number of hydrogen-bond donors (Lipinski definition) is 0. The van der Waals surface area contributed by atoms with Gasteiger partial charge in [0, 0.05) is 30.1 Å². The van der Waals surface area contributed by atoms with Crippen molar-refractivity contribution >= 4 is 28.5 Å². The van der Waals surface area contributed by atoms with E-state index in [0.717, 1.165) is 19.3 Å². The summed E-state index contributed by atoms with van der Waals surface area (Å²) in [5.74, 6) is 0.134. The second kappa shape index (κ2) is 7.57. The fourth-order valence-corrected chi connectivity index (χ4v) is 3.82. The molecule has 1 aromatic heterocycles. The van der Waals surface area contributed by atoms with Crippen molar-refractivity contribution in [3.8, 4) is 0 Å². The minimum absolute atomic E-state index is 0.107. The summed E-state index contributed by atoms with van der Waals surface area (Å²) in [6.45, 7) is 1.27. The first-order valence-corrected chi connectivity index (χ1v) is 9.57. The minimum atomic E-state index is -0.223. The normalized spacial score (nSPS) is 17.7. The van der Waals surface area contributed by atoms with Gasteiger partial charge in [-0.3, -0.25) is 9.59 Å². The van der Waals surface area contributed by atoms with Gasteiger partial charge in [0.25, 0.3) is 5.91 Å². The molecule has 2 aromatic carbocycles. The maximum Gasteiger partial charge on any atom is 0.289 e. The van der Waals surface area contributed by atoms with E-state index in [1.54, 1.807) is 29.2 Å². The van der Waals surface area contributed by atoms with Crippen molar-refractivity contribution in [2.24, 2.45) is 0 Å². The summed E-state index contributed by atoms with van der Waals surface area (Å²) in [6.07, 6.45) is 3.01. The van der Waals surface area contributed by atoms with Crippen molar-refractivity contribution in [2.75, 3.05) is 13.1 Å². The third-order valence-electron chi connectivity index (χ3n) is 5.15. The lowest BCUT2D eigenvalue weighted by Gasteiger charge is -2.24. The predicted molar refractivity (Wildman–Crippen MR) is 106 cm³/mol. The van der Waals surface area contributed by atoms with Gasteiger partial charge >= 0.3 is 0 Å². The van der Waals surface area contributed by atoms with E-state index >= 15 is 0 Å². The van der Waals surface area contributed by atoms with Crippen molar-refractivity contribution in [1.82, 2.24) is 4.90 Å². The monoisotopic (exact) mass is 381 g/mol. The number of benzene rings is 2. The molecule has 1 saturated heterocycles. The Morgan fingerprint density at radius 3 is 2.67 bits per heavy atom. The number of rotatable bonds is 2. The molecule has 27 heavy (non-hydrogen) atoms. The highest BCUT2D eigenvalue weighted by Gasteiger charge is 2.26. The number of carbonyl (C=O) groups is 1. The van der Waals surface area contributed by atoms with Gasteiger partial charge in [-0.05, 0) is 42.7 Å². The van der Waals surface area contributed by atoms with E-state index in [0.29, 0.717) is 29.1 Å². The highest BCUT2D eigenvalue weighted by molar-refractivity contribution is 6.30. The van der Waals surface area contributed by atoms with Crippen LogP contribution in [0.3, 0.4) is 0 Å². The van der Waals surface area contributed by atoms with E-state index in [2.05, 4.69) is 0 Å². The van der Waals surface area contributed by atoms with Crippen molar-refractivity contribution in [2.45, 2.75) is 25.2 Å². The molecule has 0 aliphatic carbocycles. The Morgan fingerprint density at radius 1 is 1.07 bits per heavy atom. The van der Waals surface area contributed by atoms with Gasteiger partial charge in [-0.25, -0.2) is 0 Å². The molecule has 1 amide bonds. The van der Waals surface area contributed by atoms with E-state index in [9.17, 15) is 9.59 Å². The highest BCUT2D eigenvalue weighted by atomic mass is 35.5. The number of halogens is 1. The van der Waals surface area contributed by atoms with Crippen LogP contribution in [-0.4, -0.2) is 23.9 Å². The van der Waals surface area contributed by atoms with Crippen LogP contribution >= 0.6 is 11.6 Å². The van der Waals surface area contributed by atoms with Crippen molar-refractivity contribution in [3.05, 3.63) is 81.2 Å². The SMILES string of the molecule is O=C(c1cc(=O)c2ccccc2o1)N1CCCCC(c2ccc(Cl)cc2)C1. The summed E-state index contributed by atoms with van der Waals surface area (Å²) in [5, 5.41) is 1.20. The zero-order valence-electron chi connectivity index (χ0n) is 14.9. The number of likely N-dealkylation sites (tertiary alicyclic amines) is 1. The molecule has 138 valence electrons. The van der Waals surface area contributed by atoms with Crippen LogP contribution in [0.25, 0.3) is 11.0 Å². The molecule has 0 radical (unpaired) electrons. The summed E-state index contributed by atoms with van der Waals surface area (Å²) >= 11 is 6.00. The van der Waals surface area contributed by atoms with Crippen molar-refractivity contribution in [3.63, 3.8) is 0 Å². The van der Waals surface area contributed by atoms with Crippen LogP contribution in [-0.2, 0) is 0 Å². The predicted octanol–water partition coefficient (Wildman–Crippen LogP) is 4.86. The second-order valence-electron chi connectivity index (χ2n) is 6.97. The molecule has 3 aromatic rings. The molecule has 1 aliphatic rings. The zero-order chi connectivity index (χ0) is 18.8. The fourth-order valence-electron chi connectivity index (χ4n) is 3.70. The lowest BCUT2D eigenvalue weighted by atomic mass is 9.94. The van der Waals surface area contributed by atoms with Crippen LogP contribution in [0.15, 0.2) is 63.8 Å². The molecular formula is C22H20ClNO3. The molecular weight excluding hydrogens is 362 g/mol. The number of para-hydroxylation sites is 1. The third kappa shape index (κ3) is 3.76. The summed E-state index contributed by atoms with van der Waals surface area (Å²) in [6, 6.07) is 16.1.